The standard InChI is InChI=1S/C16H22N4/c1-19(2)11-13-4-3-9-20(13)16-7-8-18-15-10-12(17)5-6-14(15)16/h5-8,10,13H,3-4,9,11,17H2,1-2H3. The van der Waals surface area contributed by atoms with Crippen molar-refractivity contribution in [1.82, 2.24) is 9.88 Å². The minimum absolute atomic E-state index is 0.591. The zero-order chi connectivity index (χ0) is 14.1. The molecule has 3 rings (SSSR count). The molecule has 1 atom stereocenters. The number of hydrogen-bond donors (Lipinski definition) is 1. The van der Waals surface area contributed by atoms with Crippen molar-refractivity contribution in [3.8, 4) is 0 Å². The van der Waals surface area contributed by atoms with Crippen LogP contribution in [-0.2, 0) is 0 Å². The van der Waals surface area contributed by atoms with Crippen molar-refractivity contribution in [2.75, 3.05) is 37.8 Å². The van der Waals surface area contributed by atoms with Gasteiger partial charge in [0.2, 0.25) is 0 Å². The van der Waals surface area contributed by atoms with Crippen molar-refractivity contribution in [2.24, 2.45) is 0 Å². The molecule has 1 fully saturated rings. The van der Waals surface area contributed by atoms with Crippen LogP contribution in [0, 0.1) is 0 Å². The van der Waals surface area contributed by atoms with E-state index in [9.17, 15) is 0 Å². The predicted octanol–water partition coefficient (Wildman–Crippen LogP) is 2.35. The SMILES string of the molecule is CN(C)CC1CCCN1c1ccnc2cc(N)ccc12. The van der Waals surface area contributed by atoms with Gasteiger partial charge in [0.15, 0.2) is 0 Å². The largest absolute Gasteiger partial charge is 0.399 e. The lowest BCUT2D eigenvalue weighted by atomic mass is 10.1. The molecule has 0 saturated carbocycles. The lowest BCUT2D eigenvalue weighted by molar-refractivity contribution is 0.372. The minimum Gasteiger partial charge on any atom is -0.399 e. The van der Waals surface area contributed by atoms with Crippen LogP contribution in [-0.4, -0.2) is 43.1 Å². The average molecular weight is 270 g/mol. The molecule has 0 aliphatic carbocycles. The molecule has 4 heteroatoms. The smallest absolute Gasteiger partial charge is 0.0743 e. The summed E-state index contributed by atoms with van der Waals surface area (Å²) in [5, 5.41) is 1.20. The number of anilines is 2. The molecule has 1 saturated heterocycles. The van der Waals surface area contributed by atoms with E-state index in [1.165, 1.54) is 23.9 Å². The molecule has 2 aromatic rings. The van der Waals surface area contributed by atoms with Crippen LogP contribution in [0.4, 0.5) is 11.4 Å². The first-order valence-electron chi connectivity index (χ1n) is 7.21. The van der Waals surface area contributed by atoms with Crippen molar-refractivity contribution < 1.29 is 0 Å². The minimum atomic E-state index is 0.591. The summed E-state index contributed by atoms with van der Waals surface area (Å²) in [6, 6.07) is 8.73. The second-order valence-corrected chi connectivity index (χ2v) is 5.86. The molecule has 1 aromatic heterocycles. The molecule has 1 aliphatic rings. The van der Waals surface area contributed by atoms with Gasteiger partial charge in [-0.3, -0.25) is 4.98 Å². The molecule has 2 N–H and O–H groups in total. The lowest BCUT2D eigenvalue weighted by Gasteiger charge is -2.29. The highest BCUT2D eigenvalue weighted by atomic mass is 15.2. The summed E-state index contributed by atoms with van der Waals surface area (Å²) >= 11 is 0. The van der Waals surface area contributed by atoms with Crippen LogP contribution >= 0.6 is 0 Å². The van der Waals surface area contributed by atoms with Crippen molar-refractivity contribution in [3.63, 3.8) is 0 Å². The summed E-state index contributed by atoms with van der Waals surface area (Å²) in [5.74, 6) is 0. The van der Waals surface area contributed by atoms with E-state index in [1.807, 2.05) is 18.3 Å². The van der Waals surface area contributed by atoms with Crippen molar-refractivity contribution in [1.29, 1.82) is 0 Å². The maximum absolute atomic E-state index is 5.86. The molecule has 1 unspecified atom stereocenters. The molecular formula is C16H22N4. The quantitative estimate of drug-likeness (QED) is 0.870. The molecule has 0 radical (unpaired) electrons. The maximum atomic E-state index is 5.86. The van der Waals surface area contributed by atoms with E-state index in [4.69, 9.17) is 5.73 Å². The second kappa shape index (κ2) is 5.29. The molecule has 1 aromatic carbocycles. The number of hydrogen-bond acceptors (Lipinski definition) is 4. The Balaban J connectivity index is 2.01. The third kappa shape index (κ3) is 2.43. The summed E-state index contributed by atoms with van der Waals surface area (Å²) in [4.78, 5) is 9.24. The van der Waals surface area contributed by atoms with Crippen LogP contribution in [0.5, 0.6) is 0 Å². The fourth-order valence-electron chi connectivity index (χ4n) is 3.16. The number of fused-ring (bicyclic) bond motifs is 1. The topological polar surface area (TPSA) is 45.4 Å². The van der Waals surface area contributed by atoms with Crippen LogP contribution in [0.15, 0.2) is 30.5 Å². The Morgan fingerprint density at radius 2 is 2.20 bits per heavy atom. The molecule has 0 spiro atoms. The van der Waals surface area contributed by atoms with Gasteiger partial charge in [0.05, 0.1) is 5.52 Å². The van der Waals surface area contributed by atoms with E-state index in [0.717, 1.165) is 24.3 Å². The predicted molar refractivity (Wildman–Crippen MR) is 85.1 cm³/mol. The highest BCUT2D eigenvalue weighted by Gasteiger charge is 2.26. The molecule has 20 heavy (non-hydrogen) atoms. The fraction of sp³-hybridized carbons (Fsp3) is 0.438. The summed E-state index contributed by atoms with van der Waals surface area (Å²) in [6.07, 6.45) is 4.41. The summed E-state index contributed by atoms with van der Waals surface area (Å²) in [5.41, 5.74) is 8.91. The Morgan fingerprint density at radius 3 is 3.00 bits per heavy atom. The number of likely N-dealkylation sites (N-methyl/N-ethyl adjacent to an activating group) is 1. The molecule has 0 bridgehead atoms. The van der Waals surface area contributed by atoms with Gasteiger partial charge in [0.25, 0.3) is 0 Å². The first kappa shape index (κ1) is 13.2. The van der Waals surface area contributed by atoms with Crippen LogP contribution in [0.2, 0.25) is 0 Å². The highest BCUT2D eigenvalue weighted by Crippen LogP contribution is 2.32. The third-order valence-corrected chi connectivity index (χ3v) is 4.01. The highest BCUT2D eigenvalue weighted by molar-refractivity contribution is 5.93. The van der Waals surface area contributed by atoms with E-state index in [0.29, 0.717) is 6.04 Å². The number of pyridine rings is 1. The van der Waals surface area contributed by atoms with Gasteiger partial charge in [-0.2, -0.15) is 0 Å². The Kier molecular flexibility index (Phi) is 3.49. The first-order chi connectivity index (χ1) is 9.65. The zero-order valence-corrected chi connectivity index (χ0v) is 12.2. The van der Waals surface area contributed by atoms with E-state index >= 15 is 0 Å². The van der Waals surface area contributed by atoms with Gasteiger partial charge in [-0.1, -0.05) is 0 Å². The zero-order valence-electron chi connectivity index (χ0n) is 12.2. The van der Waals surface area contributed by atoms with E-state index in [1.54, 1.807) is 0 Å². The Hall–Kier alpha value is -1.81. The van der Waals surface area contributed by atoms with Gasteiger partial charge in [-0.25, -0.2) is 0 Å². The Bertz CT molecular complexity index is 608. The van der Waals surface area contributed by atoms with E-state index in [-0.39, 0.29) is 0 Å². The van der Waals surface area contributed by atoms with Gasteiger partial charge in [-0.15, -0.1) is 0 Å². The molecule has 0 amide bonds. The van der Waals surface area contributed by atoms with Gasteiger partial charge >= 0.3 is 0 Å². The Morgan fingerprint density at radius 1 is 1.35 bits per heavy atom. The summed E-state index contributed by atoms with van der Waals surface area (Å²) in [7, 11) is 4.28. The van der Waals surface area contributed by atoms with Crippen molar-refractivity contribution in [3.05, 3.63) is 30.5 Å². The second-order valence-electron chi connectivity index (χ2n) is 5.86. The normalized spacial score (nSPS) is 19.1. The van der Waals surface area contributed by atoms with Crippen LogP contribution in [0.25, 0.3) is 10.9 Å². The van der Waals surface area contributed by atoms with Gasteiger partial charge < -0.3 is 15.5 Å². The number of nitrogens with two attached hydrogens (primary N) is 1. The fourth-order valence-corrected chi connectivity index (χ4v) is 3.16. The molecule has 4 nitrogen and oxygen atoms in total. The molecule has 2 heterocycles. The first-order valence-corrected chi connectivity index (χ1v) is 7.21. The van der Waals surface area contributed by atoms with E-state index < -0.39 is 0 Å². The molecule has 106 valence electrons. The van der Waals surface area contributed by atoms with Gasteiger partial charge in [-0.05, 0) is 51.2 Å². The van der Waals surface area contributed by atoms with Crippen LogP contribution in [0.3, 0.4) is 0 Å². The maximum Gasteiger partial charge on any atom is 0.0743 e. The molecule has 1 aliphatic heterocycles. The lowest BCUT2D eigenvalue weighted by Crippen LogP contribution is -2.37. The number of nitrogens with zero attached hydrogens (tertiary/aromatic N) is 3. The summed E-state index contributed by atoms with van der Waals surface area (Å²) in [6.45, 7) is 2.22. The Labute approximate surface area is 120 Å². The molecular weight excluding hydrogens is 248 g/mol. The van der Waals surface area contributed by atoms with Crippen LogP contribution in [0.1, 0.15) is 12.8 Å². The number of rotatable bonds is 3. The monoisotopic (exact) mass is 270 g/mol. The number of aromatic nitrogens is 1. The van der Waals surface area contributed by atoms with Crippen LogP contribution < -0.4 is 10.6 Å². The van der Waals surface area contributed by atoms with Gasteiger partial charge in [0.1, 0.15) is 0 Å². The van der Waals surface area contributed by atoms with Crippen molar-refractivity contribution >= 4 is 22.3 Å². The van der Waals surface area contributed by atoms with Crippen molar-refractivity contribution in [2.45, 2.75) is 18.9 Å². The average Bonchev–Trinajstić information content (AvgIpc) is 2.84. The van der Waals surface area contributed by atoms with E-state index in [2.05, 4.69) is 41.0 Å². The summed E-state index contributed by atoms with van der Waals surface area (Å²) < 4.78 is 0. The van der Waals surface area contributed by atoms with Gasteiger partial charge in [0, 0.05) is 42.1 Å². The third-order valence-electron chi connectivity index (χ3n) is 4.01. The number of nitrogen functional groups attached to an aromatic ring is 1. The number of benzene rings is 1.